The van der Waals surface area contributed by atoms with Crippen LogP contribution < -0.4 is 21.3 Å². The maximum atomic E-state index is 12.2. The SMILES string of the molecule is CN(CCN)CC(=O)Nc1ccc(-c2ccnc(Nc3ccc(N4CCOCC4)cc3)n2)cc1. The first-order valence-electron chi connectivity index (χ1n) is 11.4. The first-order valence-corrected chi connectivity index (χ1v) is 11.4. The Morgan fingerprint density at radius 2 is 1.76 bits per heavy atom. The Kier molecular flexibility index (Phi) is 8.03. The van der Waals surface area contributed by atoms with E-state index in [1.807, 2.05) is 54.4 Å². The van der Waals surface area contributed by atoms with Crippen LogP contribution in [0, 0.1) is 0 Å². The van der Waals surface area contributed by atoms with Crippen LogP contribution in [0.5, 0.6) is 0 Å². The zero-order valence-corrected chi connectivity index (χ0v) is 19.4. The van der Waals surface area contributed by atoms with Gasteiger partial charge in [-0.3, -0.25) is 9.69 Å². The van der Waals surface area contributed by atoms with E-state index in [0.29, 0.717) is 25.6 Å². The number of amides is 1. The number of morpholine rings is 1. The summed E-state index contributed by atoms with van der Waals surface area (Å²) in [5.41, 5.74) is 10.1. The van der Waals surface area contributed by atoms with Crippen molar-refractivity contribution in [2.24, 2.45) is 5.73 Å². The minimum Gasteiger partial charge on any atom is -0.378 e. The second-order valence-corrected chi connectivity index (χ2v) is 8.19. The maximum absolute atomic E-state index is 12.2. The second kappa shape index (κ2) is 11.6. The molecule has 0 bridgehead atoms. The lowest BCUT2D eigenvalue weighted by Gasteiger charge is -2.28. The summed E-state index contributed by atoms with van der Waals surface area (Å²) < 4.78 is 5.42. The Hall–Kier alpha value is -3.53. The maximum Gasteiger partial charge on any atom is 0.238 e. The van der Waals surface area contributed by atoms with Gasteiger partial charge in [0.05, 0.1) is 25.5 Å². The number of carbonyl (C=O) groups is 1. The largest absolute Gasteiger partial charge is 0.378 e. The molecule has 178 valence electrons. The van der Waals surface area contributed by atoms with Crippen molar-refractivity contribution < 1.29 is 9.53 Å². The highest BCUT2D eigenvalue weighted by Crippen LogP contribution is 2.23. The fraction of sp³-hybridized carbons (Fsp3) is 0.320. The molecule has 3 aromatic rings. The van der Waals surface area contributed by atoms with Crippen molar-refractivity contribution in [2.75, 3.05) is 68.5 Å². The lowest BCUT2D eigenvalue weighted by atomic mass is 10.1. The molecule has 0 saturated carbocycles. The number of hydrogen-bond acceptors (Lipinski definition) is 8. The summed E-state index contributed by atoms with van der Waals surface area (Å²) in [6, 6.07) is 17.7. The van der Waals surface area contributed by atoms with Crippen molar-refractivity contribution in [3.05, 3.63) is 60.8 Å². The van der Waals surface area contributed by atoms with Gasteiger partial charge in [-0.1, -0.05) is 12.1 Å². The van der Waals surface area contributed by atoms with E-state index in [0.717, 1.165) is 48.9 Å². The highest BCUT2D eigenvalue weighted by Gasteiger charge is 2.11. The van der Waals surface area contributed by atoms with Gasteiger partial charge < -0.3 is 26.0 Å². The van der Waals surface area contributed by atoms with Crippen molar-refractivity contribution >= 4 is 28.9 Å². The third kappa shape index (κ3) is 6.50. The average molecular weight is 462 g/mol. The van der Waals surface area contributed by atoms with Gasteiger partial charge in [-0.15, -0.1) is 0 Å². The van der Waals surface area contributed by atoms with Crippen LogP contribution in [0.2, 0.25) is 0 Å². The number of benzene rings is 2. The van der Waals surface area contributed by atoms with Gasteiger partial charge in [0.2, 0.25) is 11.9 Å². The number of hydrogen-bond donors (Lipinski definition) is 3. The molecule has 34 heavy (non-hydrogen) atoms. The summed E-state index contributed by atoms with van der Waals surface area (Å²) in [5.74, 6) is 0.453. The van der Waals surface area contributed by atoms with E-state index < -0.39 is 0 Å². The lowest BCUT2D eigenvalue weighted by molar-refractivity contribution is -0.117. The molecular formula is C25H31N7O2. The number of nitrogens with two attached hydrogens (primary N) is 1. The number of rotatable bonds is 9. The van der Waals surface area contributed by atoms with Crippen LogP contribution in [0.1, 0.15) is 0 Å². The molecule has 0 unspecified atom stereocenters. The van der Waals surface area contributed by atoms with Gasteiger partial charge in [0, 0.05) is 55.0 Å². The molecule has 0 spiro atoms. The Bertz CT molecular complexity index is 1070. The normalized spacial score (nSPS) is 13.7. The topological polar surface area (TPSA) is 109 Å². The van der Waals surface area contributed by atoms with Gasteiger partial charge >= 0.3 is 0 Å². The van der Waals surface area contributed by atoms with Gasteiger partial charge in [0.1, 0.15) is 0 Å². The van der Waals surface area contributed by atoms with Crippen molar-refractivity contribution in [2.45, 2.75) is 0 Å². The van der Waals surface area contributed by atoms with Crippen LogP contribution in [0.25, 0.3) is 11.3 Å². The van der Waals surface area contributed by atoms with Crippen LogP contribution in [0.3, 0.4) is 0 Å². The molecule has 9 nitrogen and oxygen atoms in total. The first-order chi connectivity index (χ1) is 16.6. The molecule has 1 amide bonds. The monoisotopic (exact) mass is 461 g/mol. The van der Waals surface area contributed by atoms with E-state index >= 15 is 0 Å². The molecule has 0 aliphatic carbocycles. The van der Waals surface area contributed by atoms with E-state index in [1.54, 1.807) is 6.20 Å². The van der Waals surface area contributed by atoms with Crippen LogP contribution in [0.15, 0.2) is 60.8 Å². The fourth-order valence-corrected chi connectivity index (χ4v) is 3.76. The van der Waals surface area contributed by atoms with Gasteiger partial charge in [-0.2, -0.15) is 0 Å². The quantitative estimate of drug-likeness (QED) is 0.446. The molecule has 1 saturated heterocycles. The third-order valence-electron chi connectivity index (χ3n) is 5.54. The summed E-state index contributed by atoms with van der Waals surface area (Å²) in [6.07, 6.45) is 1.73. The van der Waals surface area contributed by atoms with E-state index in [-0.39, 0.29) is 5.91 Å². The molecule has 0 atom stereocenters. The molecule has 1 fully saturated rings. The molecule has 9 heteroatoms. The fourth-order valence-electron chi connectivity index (χ4n) is 3.76. The summed E-state index contributed by atoms with van der Waals surface area (Å²) in [5, 5.41) is 6.18. The molecule has 1 aliphatic heterocycles. The Morgan fingerprint density at radius 3 is 2.47 bits per heavy atom. The Labute approximate surface area is 199 Å². The smallest absolute Gasteiger partial charge is 0.238 e. The molecule has 1 aliphatic rings. The number of carbonyl (C=O) groups excluding carboxylic acids is 1. The van der Waals surface area contributed by atoms with Gasteiger partial charge in [0.15, 0.2) is 0 Å². The van der Waals surface area contributed by atoms with Crippen molar-refractivity contribution in [1.29, 1.82) is 0 Å². The standard InChI is InChI=1S/C25H31N7O2/c1-31(13-11-26)18-24(33)28-20-4-2-19(3-5-20)23-10-12-27-25(30-23)29-21-6-8-22(9-7-21)32-14-16-34-17-15-32/h2-10,12H,11,13-18,26H2,1H3,(H,28,33)(H,27,29,30). The van der Waals surface area contributed by atoms with Gasteiger partial charge in [-0.05, 0) is 49.5 Å². The Balaban J connectivity index is 1.37. The van der Waals surface area contributed by atoms with Crippen molar-refractivity contribution in [3.63, 3.8) is 0 Å². The first kappa shape index (κ1) is 23.6. The highest BCUT2D eigenvalue weighted by molar-refractivity contribution is 5.92. The van der Waals surface area contributed by atoms with Crippen LogP contribution >= 0.6 is 0 Å². The van der Waals surface area contributed by atoms with Gasteiger partial charge in [-0.25, -0.2) is 9.97 Å². The lowest BCUT2D eigenvalue weighted by Crippen LogP contribution is -2.36. The third-order valence-corrected chi connectivity index (χ3v) is 5.54. The number of likely N-dealkylation sites (N-methyl/N-ethyl adjacent to an activating group) is 1. The predicted molar refractivity (Wildman–Crippen MR) is 135 cm³/mol. The van der Waals surface area contributed by atoms with E-state index in [2.05, 4.69) is 37.6 Å². The zero-order valence-electron chi connectivity index (χ0n) is 19.4. The molecule has 1 aromatic heterocycles. The molecule has 2 heterocycles. The summed E-state index contributed by atoms with van der Waals surface area (Å²) in [6.45, 7) is 4.84. The number of nitrogens with zero attached hydrogens (tertiary/aromatic N) is 4. The molecule has 2 aromatic carbocycles. The van der Waals surface area contributed by atoms with E-state index in [4.69, 9.17) is 10.5 Å². The highest BCUT2D eigenvalue weighted by atomic mass is 16.5. The number of anilines is 4. The van der Waals surface area contributed by atoms with E-state index in [1.165, 1.54) is 5.69 Å². The minimum atomic E-state index is -0.0724. The number of aromatic nitrogens is 2. The summed E-state index contributed by atoms with van der Waals surface area (Å²) >= 11 is 0. The van der Waals surface area contributed by atoms with Gasteiger partial charge in [0.25, 0.3) is 0 Å². The molecule has 4 rings (SSSR count). The zero-order chi connectivity index (χ0) is 23.8. The summed E-state index contributed by atoms with van der Waals surface area (Å²) in [4.78, 5) is 25.3. The Morgan fingerprint density at radius 1 is 1.06 bits per heavy atom. The van der Waals surface area contributed by atoms with E-state index in [9.17, 15) is 4.79 Å². The minimum absolute atomic E-state index is 0.0724. The second-order valence-electron chi connectivity index (χ2n) is 8.19. The average Bonchev–Trinajstić information content (AvgIpc) is 2.86. The molecular weight excluding hydrogens is 430 g/mol. The van der Waals surface area contributed by atoms with Crippen LogP contribution in [0.4, 0.5) is 23.0 Å². The molecule has 4 N–H and O–H groups in total. The molecule has 0 radical (unpaired) electrons. The number of nitrogens with one attached hydrogen (secondary N) is 2. The summed E-state index contributed by atoms with van der Waals surface area (Å²) in [7, 11) is 1.87. The number of ether oxygens (including phenoxy) is 1. The van der Waals surface area contributed by atoms with Crippen molar-refractivity contribution in [3.8, 4) is 11.3 Å². The predicted octanol–water partition coefficient (Wildman–Crippen LogP) is 2.55. The van der Waals surface area contributed by atoms with Crippen molar-refractivity contribution in [1.82, 2.24) is 14.9 Å². The van der Waals surface area contributed by atoms with Crippen LogP contribution in [-0.2, 0) is 9.53 Å². The van der Waals surface area contributed by atoms with Crippen LogP contribution in [-0.4, -0.2) is 73.8 Å².